The Balaban J connectivity index is 4.14. The van der Waals surface area contributed by atoms with Crippen LogP contribution in [0.5, 0.6) is 0 Å². The fourth-order valence-electron chi connectivity index (χ4n) is 3.13. The van der Waals surface area contributed by atoms with Crippen molar-refractivity contribution in [3.8, 4) is 0 Å². The summed E-state index contributed by atoms with van der Waals surface area (Å²) in [6, 6.07) is 0.494. The Morgan fingerprint density at radius 3 is 1.95 bits per heavy atom. The van der Waals surface area contributed by atoms with E-state index in [1.807, 2.05) is 0 Å². The minimum absolute atomic E-state index is 0.0346. The van der Waals surface area contributed by atoms with Crippen LogP contribution in [0.25, 0.3) is 0 Å². The van der Waals surface area contributed by atoms with Gasteiger partial charge in [0, 0.05) is 12.6 Å². The van der Waals surface area contributed by atoms with E-state index < -0.39 is 0 Å². The van der Waals surface area contributed by atoms with Crippen molar-refractivity contribution in [1.29, 1.82) is 0 Å². The van der Waals surface area contributed by atoms with E-state index in [1.54, 1.807) is 0 Å². The predicted molar refractivity (Wildman–Crippen MR) is 85.8 cm³/mol. The van der Waals surface area contributed by atoms with Crippen LogP contribution in [0.2, 0.25) is 0 Å². The van der Waals surface area contributed by atoms with Gasteiger partial charge in [-0.2, -0.15) is 0 Å². The van der Waals surface area contributed by atoms with Crippen molar-refractivity contribution in [2.24, 2.45) is 0 Å². The summed E-state index contributed by atoms with van der Waals surface area (Å²) in [6.07, 6.45) is 11.6. The normalized spacial score (nSPS) is 13.7. The number of unbranched alkanes of at least 4 members (excludes halogenated alkanes) is 5. The van der Waals surface area contributed by atoms with Crippen LogP contribution in [0.4, 0.5) is 0 Å². The molecule has 0 aromatic heterocycles. The van der Waals surface area contributed by atoms with Gasteiger partial charge in [-0.05, 0) is 33.2 Å². The molecule has 19 heavy (non-hydrogen) atoms. The van der Waals surface area contributed by atoms with E-state index in [2.05, 4.69) is 40.1 Å². The molecule has 0 fully saturated rings. The highest BCUT2D eigenvalue weighted by Gasteiger charge is 2.34. The van der Waals surface area contributed by atoms with Gasteiger partial charge in [-0.1, -0.05) is 59.3 Å². The van der Waals surface area contributed by atoms with Gasteiger partial charge in [0.2, 0.25) is 0 Å². The van der Waals surface area contributed by atoms with Crippen molar-refractivity contribution in [2.75, 3.05) is 13.7 Å². The summed E-state index contributed by atoms with van der Waals surface area (Å²) >= 11 is 0. The van der Waals surface area contributed by atoms with Gasteiger partial charge in [-0.3, -0.25) is 0 Å². The van der Waals surface area contributed by atoms with E-state index in [1.165, 1.54) is 44.9 Å². The van der Waals surface area contributed by atoms with Crippen LogP contribution in [0.15, 0.2) is 0 Å². The number of hydrogen-bond donors (Lipinski definition) is 1. The molecule has 1 N–H and O–H groups in total. The van der Waals surface area contributed by atoms with Crippen molar-refractivity contribution >= 4 is 0 Å². The Hall–Kier alpha value is -0.0800. The van der Waals surface area contributed by atoms with Crippen LogP contribution in [0.3, 0.4) is 0 Å². The molecule has 0 heterocycles. The van der Waals surface area contributed by atoms with Gasteiger partial charge in [-0.15, -0.1) is 0 Å². The number of ether oxygens (including phenoxy) is 1. The van der Waals surface area contributed by atoms with Crippen LogP contribution >= 0.6 is 0 Å². The van der Waals surface area contributed by atoms with Crippen molar-refractivity contribution in [3.63, 3.8) is 0 Å². The van der Waals surface area contributed by atoms with Crippen LogP contribution in [-0.4, -0.2) is 25.3 Å². The topological polar surface area (TPSA) is 21.3 Å². The number of likely N-dealkylation sites (N-methyl/N-ethyl adjacent to an activating group) is 1. The van der Waals surface area contributed by atoms with Gasteiger partial charge >= 0.3 is 0 Å². The fraction of sp³-hybridized carbons (Fsp3) is 1.00. The SMILES string of the molecule is CCCCCCCCC(NC)C(CC)(CC)OCC. The quantitative estimate of drug-likeness (QED) is 0.480. The van der Waals surface area contributed by atoms with E-state index in [0.717, 1.165) is 19.4 Å². The molecule has 0 saturated heterocycles. The molecule has 0 bridgehead atoms. The fourth-order valence-corrected chi connectivity index (χ4v) is 3.13. The highest BCUT2D eigenvalue weighted by atomic mass is 16.5. The second-order valence-corrected chi connectivity index (χ2v) is 5.60. The molecule has 0 aliphatic heterocycles. The molecule has 2 nitrogen and oxygen atoms in total. The molecule has 1 atom stereocenters. The van der Waals surface area contributed by atoms with Crippen LogP contribution in [-0.2, 0) is 4.74 Å². The van der Waals surface area contributed by atoms with Gasteiger partial charge < -0.3 is 10.1 Å². The largest absolute Gasteiger partial charge is 0.374 e. The lowest BCUT2D eigenvalue weighted by molar-refractivity contribution is -0.0726. The van der Waals surface area contributed by atoms with Crippen LogP contribution < -0.4 is 5.32 Å². The molecule has 2 heteroatoms. The van der Waals surface area contributed by atoms with Gasteiger partial charge in [0.1, 0.15) is 0 Å². The molecule has 0 rings (SSSR count). The summed E-state index contributed by atoms with van der Waals surface area (Å²) in [5.41, 5.74) is 0.0346. The van der Waals surface area contributed by atoms with E-state index >= 15 is 0 Å². The first-order valence-corrected chi connectivity index (χ1v) is 8.51. The standard InChI is InChI=1S/C17H37NO/c1-6-10-11-12-13-14-15-16(18-5)17(7-2,8-3)19-9-4/h16,18H,6-15H2,1-5H3. The Kier molecular flexibility index (Phi) is 11.7. The van der Waals surface area contributed by atoms with Gasteiger partial charge in [0.15, 0.2) is 0 Å². The number of rotatable bonds is 13. The summed E-state index contributed by atoms with van der Waals surface area (Å²) in [4.78, 5) is 0. The summed E-state index contributed by atoms with van der Waals surface area (Å²) in [5.74, 6) is 0. The summed E-state index contributed by atoms with van der Waals surface area (Å²) in [5, 5.41) is 3.51. The van der Waals surface area contributed by atoms with E-state index in [4.69, 9.17) is 4.74 Å². The van der Waals surface area contributed by atoms with Crippen LogP contribution in [0, 0.1) is 0 Å². The Labute approximate surface area is 121 Å². The Morgan fingerprint density at radius 1 is 0.895 bits per heavy atom. The maximum absolute atomic E-state index is 6.11. The molecule has 0 amide bonds. The molecule has 0 aromatic rings. The maximum atomic E-state index is 6.11. The zero-order chi connectivity index (χ0) is 14.6. The van der Waals surface area contributed by atoms with E-state index in [9.17, 15) is 0 Å². The molecule has 0 saturated carbocycles. The van der Waals surface area contributed by atoms with Crippen molar-refractivity contribution < 1.29 is 4.74 Å². The molecule has 1 unspecified atom stereocenters. The smallest absolute Gasteiger partial charge is 0.0829 e. The molecular weight excluding hydrogens is 234 g/mol. The van der Waals surface area contributed by atoms with Crippen molar-refractivity contribution in [3.05, 3.63) is 0 Å². The molecule has 0 aliphatic rings. The third-order valence-corrected chi connectivity index (χ3v) is 4.46. The molecule has 0 radical (unpaired) electrons. The van der Waals surface area contributed by atoms with Crippen molar-refractivity contribution in [1.82, 2.24) is 5.32 Å². The Bertz CT molecular complexity index is 190. The van der Waals surface area contributed by atoms with Gasteiger partial charge in [-0.25, -0.2) is 0 Å². The molecular formula is C17H37NO. The summed E-state index contributed by atoms with van der Waals surface area (Å²) in [6.45, 7) is 9.71. The second-order valence-electron chi connectivity index (χ2n) is 5.60. The lowest BCUT2D eigenvalue weighted by Crippen LogP contribution is -2.50. The lowest BCUT2D eigenvalue weighted by atomic mass is 9.85. The molecule has 0 aromatic carbocycles. The average molecular weight is 271 g/mol. The number of nitrogens with one attached hydrogen (secondary N) is 1. The second kappa shape index (κ2) is 11.7. The Morgan fingerprint density at radius 2 is 1.47 bits per heavy atom. The maximum Gasteiger partial charge on any atom is 0.0829 e. The minimum Gasteiger partial charge on any atom is -0.374 e. The van der Waals surface area contributed by atoms with Crippen LogP contribution in [0.1, 0.15) is 85.5 Å². The molecule has 116 valence electrons. The van der Waals surface area contributed by atoms with E-state index in [0.29, 0.717) is 6.04 Å². The first-order chi connectivity index (χ1) is 9.20. The van der Waals surface area contributed by atoms with Crippen molar-refractivity contribution in [2.45, 2.75) is 97.1 Å². The van der Waals surface area contributed by atoms with E-state index in [-0.39, 0.29) is 5.60 Å². The zero-order valence-electron chi connectivity index (χ0n) is 14.1. The first-order valence-electron chi connectivity index (χ1n) is 8.51. The van der Waals surface area contributed by atoms with Gasteiger partial charge in [0.05, 0.1) is 5.60 Å². The minimum atomic E-state index is 0.0346. The zero-order valence-corrected chi connectivity index (χ0v) is 14.1. The molecule has 0 spiro atoms. The summed E-state index contributed by atoms with van der Waals surface area (Å²) < 4.78 is 6.11. The third kappa shape index (κ3) is 6.76. The average Bonchev–Trinajstić information content (AvgIpc) is 2.45. The molecule has 0 aliphatic carbocycles. The van der Waals surface area contributed by atoms with Gasteiger partial charge in [0.25, 0.3) is 0 Å². The summed E-state index contributed by atoms with van der Waals surface area (Å²) in [7, 11) is 2.08. The first kappa shape index (κ1) is 18.9. The third-order valence-electron chi connectivity index (χ3n) is 4.46. The highest BCUT2D eigenvalue weighted by Crippen LogP contribution is 2.28. The number of hydrogen-bond acceptors (Lipinski definition) is 2. The monoisotopic (exact) mass is 271 g/mol. The highest BCUT2D eigenvalue weighted by molar-refractivity contribution is 4.90. The predicted octanol–water partition coefficient (Wildman–Crippen LogP) is 4.92. The lowest BCUT2D eigenvalue weighted by Gasteiger charge is -2.39.